The Kier molecular flexibility index (Phi) is 29.6. The van der Waals surface area contributed by atoms with E-state index in [2.05, 4.69) is 27.7 Å². The first-order valence-corrected chi connectivity index (χ1v) is 21.1. The predicted molar refractivity (Wildman–Crippen MR) is 206 cm³/mol. The topological polar surface area (TPSA) is 179 Å². The van der Waals surface area contributed by atoms with Gasteiger partial charge in [-0.25, -0.2) is 0 Å². The molecule has 0 aliphatic rings. The van der Waals surface area contributed by atoms with Crippen LogP contribution < -0.4 is 0 Å². The number of hydrogen-bond acceptors (Lipinski definition) is 10. The number of ether oxygens (including phenoxy) is 1. The van der Waals surface area contributed by atoms with E-state index in [1.54, 1.807) is 0 Å². The fraction of sp³-hybridized carbons (Fsp3) is 0.905. The summed E-state index contributed by atoms with van der Waals surface area (Å²) in [6, 6.07) is 0. The Balaban J connectivity index is 6.27. The monoisotopic (exact) mass is 743 g/mol. The molecule has 0 heterocycles. The minimum atomic E-state index is -3.29. The zero-order valence-corrected chi connectivity index (χ0v) is 33.5. The Labute approximate surface area is 315 Å². The van der Waals surface area contributed by atoms with Crippen molar-refractivity contribution >= 4 is 23.3 Å². The van der Waals surface area contributed by atoms with Crippen molar-refractivity contribution in [3.63, 3.8) is 0 Å². The average Bonchev–Trinajstić information content (AvgIpc) is 3.14. The molecule has 5 N–H and O–H groups in total. The maximum Gasteiger partial charge on any atom is 0.305 e. The van der Waals surface area contributed by atoms with Crippen LogP contribution in [0.5, 0.6) is 0 Å². The lowest BCUT2D eigenvalue weighted by Gasteiger charge is -2.44. The van der Waals surface area contributed by atoms with Gasteiger partial charge in [0.25, 0.3) is 0 Å². The molecule has 0 amide bonds. The molecular formula is C42H78O10. The largest absolute Gasteiger partial charge is 0.463 e. The molecule has 0 aromatic rings. The summed E-state index contributed by atoms with van der Waals surface area (Å²) in [5, 5.41) is 58.4. The molecule has 0 fully saturated rings. The Bertz CT molecular complexity index is 955. The molecule has 5 atom stereocenters. The van der Waals surface area contributed by atoms with Crippen molar-refractivity contribution in [3.8, 4) is 0 Å². The lowest BCUT2D eigenvalue weighted by atomic mass is 9.70. The standard InChI is InChI=1S/C42H78O10/c1-5-9-13-17-21-25-29-34(43)39(48)42(51,36(45)31-27-23-19-15-11-7-3)40(49)41(50,35(44)30-26-22-18-14-10-6-2)37(46)33-52-38(47)32-28-24-20-16-12-8-4/h37,39-40,46,48-51H,5-33H2,1-4H3/t37-,39?,40+,41-,42+/m1/s1. The van der Waals surface area contributed by atoms with Crippen molar-refractivity contribution in [1.82, 2.24) is 0 Å². The molecule has 0 radical (unpaired) electrons. The molecule has 10 heteroatoms. The SMILES string of the molecule is CCCCCCCCC(=O)OC[C@@H](O)[C@](O)(C(=O)CCCCCCCC)[C@H](O)[C@](O)(C(=O)CCCCCCCC)C(O)C(=O)CCCCCCCC. The van der Waals surface area contributed by atoms with Crippen LogP contribution in [0.2, 0.25) is 0 Å². The van der Waals surface area contributed by atoms with Crippen LogP contribution >= 0.6 is 0 Å². The Morgan fingerprint density at radius 2 is 0.788 bits per heavy atom. The summed E-state index contributed by atoms with van der Waals surface area (Å²) in [7, 11) is 0. The molecule has 0 aliphatic heterocycles. The zero-order valence-electron chi connectivity index (χ0n) is 33.5. The second kappa shape index (κ2) is 30.6. The molecule has 1 unspecified atom stereocenters. The maximum atomic E-state index is 13.8. The second-order valence-corrected chi connectivity index (χ2v) is 15.0. The molecule has 0 bridgehead atoms. The van der Waals surface area contributed by atoms with Gasteiger partial charge in [-0.2, -0.15) is 0 Å². The van der Waals surface area contributed by atoms with Gasteiger partial charge in [0.1, 0.15) is 18.8 Å². The van der Waals surface area contributed by atoms with E-state index in [-0.39, 0.29) is 25.7 Å². The summed E-state index contributed by atoms with van der Waals surface area (Å²) in [6.45, 7) is 7.46. The Morgan fingerprint density at radius 1 is 0.462 bits per heavy atom. The lowest BCUT2D eigenvalue weighted by molar-refractivity contribution is -0.230. The molecule has 52 heavy (non-hydrogen) atoms. The molecule has 0 rings (SSSR count). The van der Waals surface area contributed by atoms with Gasteiger partial charge in [0, 0.05) is 25.7 Å². The minimum absolute atomic E-state index is 0.0534. The molecule has 0 saturated carbocycles. The van der Waals surface area contributed by atoms with Gasteiger partial charge in [-0.15, -0.1) is 0 Å². The van der Waals surface area contributed by atoms with E-state index in [0.29, 0.717) is 44.9 Å². The number of carbonyl (C=O) groups is 4. The summed E-state index contributed by atoms with van der Waals surface area (Å²) < 4.78 is 5.23. The fourth-order valence-electron chi connectivity index (χ4n) is 6.73. The third-order valence-electron chi connectivity index (χ3n) is 10.4. The summed E-state index contributed by atoms with van der Waals surface area (Å²) in [5.41, 5.74) is -6.52. The van der Waals surface area contributed by atoms with Crippen LogP contribution in [0, 0.1) is 0 Å². The predicted octanol–water partition coefficient (Wildman–Crippen LogP) is 7.78. The van der Waals surface area contributed by atoms with Crippen LogP contribution in [0.15, 0.2) is 0 Å². The molecule has 0 saturated heterocycles. The number of rotatable bonds is 37. The maximum absolute atomic E-state index is 13.8. The molecule has 10 nitrogen and oxygen atoms in total. The van der Waals surface area contributed by atoms with Crippen molar-refractivity contribution < 1.29 is 49.4 Å². The van der Waals surface area contributed by atoms with E-state index in [1.807, 2.05) is 0 Å². The number of aliphatic hydroxyl groups excluding tert-OH is 3. The normalized spacial score (nSPS) is 15.7. The van der Waals surface area contributed by atoms with E-state index < -0.39 is 59.4 Å². The highest BCUT2D eigenvalue weighted by molar-refractivity contribution is 5.98. The smallest absolute Gasteiger partial charge is 0.305 e. The third kappa shape index (κ3) is 19.0. The van der Waals surface area contributed by atoms with Gasteiger partial charge in [-0.1, -0.05) is 156 Å². The van der Waals surface area contributed by atoms with E-state index >= 15 is 0 Å². The molecule has 0 spiro atoms. The summed E-state index contributed by atoms with van der Waals surface area (Å²) >= 11 is 0. The number of ketones is 3. The first-order chi connectivity index (χ1) is 24.9. The van der Waals surface area contributed by atoms with E-state index in [4.69, 9.17) is 4.74 Å². The summed E-state index contributed by atoms with van der Waals surface area (Å²) in [6.07, 6.45) is 11.9. The fourth-order valence-corrected chi connectivity index (χ4v) is 6.73. The number of unbranched alkanes of at least 4 members (excludes halogenated alkanes) is 20. The van der Waals surface area contributed by atoms with Gasteiger partial charge < -0.3 is 30.3 Å². The third-order valence-corrected chi connectivity index (χ3v) is 10.4. The van der Waals surface area contributed by atoms with Crippen molar-refractivity contribution in [2.75, 3.05) is 6.61 Å². The number of carbonyl (C=O) groups excluding carboxylic acids is 4. The van der Waals surface area contributed by atoms with Crippen molar-refractivity contribution in [2.45, 2.75) is 237 Å². The summed E-state index contributed by atoms with van der Waals surface area (Å²) in [4.78, 5) is 53.5. The van der Waals surface area contributed by atoms with Gasteiger partial charge in [-0.3, -0.25) is 19.2 Å². The van der Waals surface area contributed by atoms with Gasteiger partial charge in [-0.05, 0) is 25.7 Å². The van der Waals surface area contributed by atoms with Crippen molar-refractivity contribution in [1.29, 1.82) is 0 Å². The molecule has 0 aromatic carbocycles. The average molecular weight is 743 g/mol. The first-order valence-electron chi connectivity index (χ1n) is 21.1. The van der Waals surface area contributed by atoms with E-state index in [0.717, 1.165) is 109 Å². The minimum Gasteiger partial charge on any atom is -0.463 e. The van der Waals surface area contributed by atoms with Gasteiger partial charge in [0.05, 0.1) is 0 Å². The highest BCUT2D eigenvalue weighted by atomic mass is 16.5. The van der Waals surface area contributed by atoms with Crippen LogP contribution in [0.25, 0.3) is 0 Å². The lowest BCUT2D eigenvalue weighted by Crippen LogP contribution is -2.73. The van der Waals surface area contributed by atoms with Crippen molar-refractivity contribution in [3.05, 3.63) is 0 Å². The molecule has 0 aliphatic carbocycles. The highest BCUT2D eigenvalue weighted by Gasteiger charge is 2.63. The van der Waals surface area contributed by atoms with E-state index in [1.165, 1.54) is 0 Å². The number of Topliss-reactive ketones (excluding diaryl/α,β-unsaturated/α-hetero) is 3. The zero-order chi connectivity index (χ0) is 39.3. The van der Waals surface area contributed by atoms with Gasteiger partial charge in [0.2, 0.25) is 0 Å². The van der Waals surface area contributed by atoms with E-state index in [9.17, 15) is 44.7 Å². The number of hydrogen-bond donors (Lipinski definition) is 5. The Hall–Kier alpha value is -1.72. The van der Waals surface area contributed by atoms with Crippen molar-refractivity contribution in [2.24, 2.45) is 0 Å². The number of esters is 1. The van der Waals surface area contributed by atoms with Crippen LogP contribution in [0.3, 0.4) is 0 Å². The van der Waals surface area contributed by atoms with Gasteiger partial charge >= 0.3 is 5.97 Å². The second-order valence-electron chi connectivity index (χ2n) is 15.0. The first kappa shape index (κ1) is 50.3. The highest BCUT2D eigenvalue weighted by Crippen LogP contribution is 2.34. The quantitative estimate of drug-likeness (QED) is 0.0312. The molecule has 306 valence electrons. The van der Waals surface area contributed by atoms with Crippen LogP contribution in [0.4, 0.5) is 0 Å². The molecular weight excluding hydrogens is 664 g/mol. The number of aliphatic hydroxyl groups is 5. The molecule has 0 aromatic heterocycles. The van der Waals surface area contributed by atoms with Crippen LogP contribution in [-0.2, 0) is 23.9 Å². The summed E-state index contributed by atoms with van der Waals surface area (Å²) in [5.74, 6) is -3.74. The van der Waals surface area contributed by atoms with Crippen LogP contribution in [0.1, 0.15) is 207 Å². The van der Waals surface area contributed by atoms with Crippen LogP contribution in [-0.4, -0.2) is 85.0 Å². The van der Waals surface area contributed by atoms with Gasteiger partial charge in [0.15, 0.2) is 34.7 Å². The Morgan fingerprint density at radius 3 is 1.19 bits per heavy atom.